The number of carbonyl (C=O) groups is 2. The molecule has 1 saturated heterocycles. The zero-order valence-corrected chi connectivity index (χ0v) is 19.4. The van der Waals surface area contributed by atoms with Gasteiger partial charge in [-0.2, -0.15) is 13.2 Å². The highest BCUT2D eigenvalue weighted by Crippen LogP contribution is 2.41. The number of alkyl halides is 3. The van der Waals surface area contributed by atoms with Crippen molar-refractivity contribution in [3.05, 3.63) is 40.8 Å². The minimum Gasteiger partial charge on any atom is -0.490 e. The molecule has 3 aliphatic rings. The van der Waals surface area contributed by atoms with Crippen molar-refractivity contribution in [2.24, 2.45) is 0 Å². The van der Waals surface area contributed by atoms with E-state index in [-0.39, 0.29) is 41.8 Å². The molecule has 2 aromatic rings. The van der Waals surface area contributed by atoms with Gasteiger partial charge in [0.15, 0.2) is 17.7 Å². The van der Waals surface area contributed by atoms with Gasteiger partial charge in [0.25, 0.3) is 5.91 Å². The summed E-state index contributed by atoms with van der Waals surface area (Å²) >= 11 is 0. The van der Waals surface area contributed by atoms with E-state index in [4.69, 9.17) is 14.2 Å². The molecule has 0 bridgehead atoms. The summed E-state index contributed by atoms with van der Waals surface area (Å²) in [4.78, 5) is 30.8. The van der Waals surface area contributed by atoms with Gasteiger partial charge in [0.1, 0.15) is 24.0 Å². The Labute approximate surface area is 203 Å². The zero-order valence-electron chi connectivity index (χ0n) is 19.4. The quantitative estimate of drug-likeness (QED) is 0.631. The Morgan fingerprint density at radius 3 is 2.78 bits per heavy atom. The third-order valence-electron chi connectivity index (χ3n) is 6.55. The Bertz CT molecular complexity index is 1240. The second-order valence-corrected chi connectivity index (χ2v) is 9.14. The third kappa shape index (κ3) is 4.40. The fraction of sp³-hybridized carbons (Fsp3) is 0.458. The van der Waals surface area contributed by atoms with Crippen molar-refractivity contribution in [3.63, 3.8) is 0 Å². The molecule has 0 unspecified atom stereocenters. The van der Waals surface area contributed by atoms with Gasteiger partial charge in [-0.25, -0.2) is 9.37 Å². The molecule has 12 heteroatoms. The number of fused-ring (bicyclic) bond motifs is 3. The van der Waals surface area contributed by atoms with Crippen LogP contribution in [0, 0.1) is 12.7 Å². The van der Waals surface area contributed by atoms with Gasteiger partial charge in [-0.15, -0.1) is 0 Å². The number of hydrogen-bond acceptors (Lipinski definition) is 6. The second kappa shape index (κ2) is 8.82. The van der Waals surface area contributed by atoms with E-state index in [9.17, 15) is 27.2 Å². The third-order valence-corrected chi connectivity index (χ3v) is 6.55. The molecule has 2 amide bonds. The van der Waals surface area contributed by atoms with Gasteiger partial charge in [-0.05, 0) is 37.5 Å². The molecule has 1 fully saturated rings. The summed E-state index contributed by atoms with van der Waals surface area (Å²) in [6.07, 6.45) is -4.65. The lowest BCUT2D eigenvalue weighted by molar-refractivity contribution is -0.189. The van der Waals surface area contributed by atoms with Crippen LogP contribution < -0.4 is 19.5 Å². The summed E-state index contributed by atoms with van der Waals surface area (Å²) < 4.78 is 71.1. The summed E-state index contributed by atoms with van der Waals surface area (Å²) in [6, 6.07) is 2.45. The zero-order chi connectivity index (χ0) is 25.8. The first-order valence-electron chi connectivity index (χ1n) is 11.5. The number of rotatable bonds is 4. The van der Waals surface area contributed by atoms with Crippen LogP contribution >= 0.6 is 0 Å². The van der Waals surface area contributed by atoms with Gasteiger partial charge in [0, 0.05) is 25.1 Å². The van der Waals surface area contributed by atoms with Gasteiger partial charge in [0.2, 0.25) is 11.8 Å². The van der Waals surface area contributed by atoms with Crippen molar-refractivity contribution >= 4 is 17.5 Å². The minimum absolute atomic E-state index is 0.000214. The molecule has 8 nitrogen and oxygen atoms in total. The molecule has 1 aromatic heterocycles. The van der Waals surface area contributed by atoms with E-state index in [0.29, 0.717) is 24.9 Å². The normalized spacial score (nSPS) is 22.0. The highest BCUT2D eigenvalue weighted by atomic mass is 19.4. The summed E-state index contributed by atoms with van der Waals surface area (Å²) in [5.41, 5.74) is 1.12. The van der Waals surface area contributed by atoms with Crippen molar-refractivity contribution in [1.29, 1.82) is 0 Å². The van der Waals surface area contributed by atoms with Crippen LogP contribution in [0.3, 0.4) is 0 Å². The number of halogens is 4. The lowest BCUT2D eigenvalue weighted by Gasteiger charge is -2.23. The predicted molar refractivity (Wildman–Crippen MR) is 118 cm³/mol. The van der Waals surface area contributed by atoms with Crippen LogP contribution in [-0.2, 0) is 11.2 Å². The van der Waals surface area contributed by atoms with Gasteiger partial charge in [-0.3, -0.25) is 9.59 Å². The first-order valence-corrected chi connectivity index (χ1v) is 11.5. The topological polar surface area (TPSA) is 90.0 Å². The summed E-state index contributed by atoms with van der Waals surface area (Å²) in [7, 11) is 0. The van der Waals surface area contributed by atoms with Crippen molar-refractivity contribution in [2.45, 2.75) is 57.5 Å². The van der Waals surface area contributed by atoms with Crippen LogP contribution in [0.1, 0.15) is 41.3 Å². The second-order valence-electron chi connectivity index (χ2n) is 9.14. The number of pyridine rings is 1. The van der Waals surface area contributed by atoms with Crippen molar-refractivity contribution in [1.82, 2.24) is 9.88 Å². The minimum atomic E-state index is -4.76. The number of ether oxygens (including phenoxy) is 3. The number of nitrogens with one attached hydrogen (secondary N) is 1. The molecule has 1 aromatic carbocycles. The Balaban J connectivity index is 1.39. The Morgan fingerprint density at radius 1 is 1.25 bits per heavy atom. The number of anilines is 1. The van der Waals surface area contributed by atoms with Crippen LogP contribution in [0.15, 0.2) is 18.3 Å². The molecule has 0 spiro atoms. The molecular formula is C24H23F4N3O5. The van der Waals surface area contributed by atoms with Crippen molar-refractivity contribution in [2.75, 3.05) is 18.5 Å². The number of aromatic nitrogens is 1. The molecule has 0 radical (unpaired) electrons. The van der Waals surface area contributed by atoms with Crippen LogP contribution in [0.25, 0.3) is 0 Å². The van der Waals surface area contributed by atoms with Gasteiger partial charge in [-0.1, -0.05) is 0 Å². The smallest absolute Gasteiger partial charge is 0.425 e. The highest BCUT2D eigenvalue weighted by molar-refractivity contribution is 6.00. The van der Waals surface area contributed by atoms with E-state index < -0.39 is 41.9 Å². The maximum Gasteiger partial charge on any atom is 0.425 e. The average Bonchev–Trinajstić information content (AvgIpc) is 3.16. The van der Waals surface area contributed by atoms with Crippen LogP contribution in [0.4, 0.5) is 23.2 Å². The fourth-order valence-corrected chi connectivity index (χ4v) is 4.58. The Morgan fingerprint density at radius 2 is 2.03 bits per heavy atom. The van der Waals surface area contributed by atoms with E-state index in [1.165, 1.54) is 17.9 Å². The monoisotopic (exact) mass is 509 g/mol. The van der Waals surface area contributed by atoms with E-state index in [1.54, 1.807) is 12.3 Å². The number of hydrogen-bond donors (Lipinski definition) is 1. The summed E-state index contributed by atoms with van der Waals surface area (Å²) in [6.45, 7) is 2.23. The average molecular weight is 509 g/mol. The lowest BCUT2D eigenvalue weighted by Crippen LogP contribution is -2.38. The number of benzene rings is 1. The maximum atomic E-state index is 14.9. The molecule has 36 heavy (non-hydrogen) atoms. The van der Waals surface area contributed by atoms with E-state index >= 15 is 0 Å². The maximum absolute atomic E-state index is 14.9. The number of aryl methyl sites for hydroxylation is 2. The van der Waals surface area contributed by atoms with Crippen molar-refractivity contribution in [3.8, 4) is 17.4 Å². The van der Waals surface area contributed by atoms with E-state index in [0.717, 1.165) is 12.5 Å². The van der Waals surface area contributed by atoms with Crippen molar-refractivity contribution < 1.29 is 41.4 Å². The van der Waals surface area contributed by atoms with E-state index in [2.05, 4.69) is 10.3 Å². The molecule has 3 aliphatic heterocycles. The molecule has 3 atom stereocenters. The Hall–Kier alpha value is -3.57. The number of carbonyl (C=O) groups excluding carboxylic acids is 2. The standard InChI is InChI=1S/C24H23F4N3O5/c1-11-5-17-20(22(21(11)25)35-12(2)24(26,27)28)23(33)31-9-15(6-14(31)10-34-17)36-19-7-16-13(8-29-19)3-4-18(32)30-16/h5,7-8,12,14-15H,3-4,6,9-10H2,1-2H3,(H,30,32)/t12-,14+,15-/m0/s1. The predicted octanol–water partition coefficient (Wildman–Crippen LogP) is 3.80. The van der Waals surface area contributed by atoms with Crippen LogP contribution in [-0.4, -0.2) is 59.3 Å². The molecule has 192 valence electrons. The van der Waals surface area contributed by atoms with Gasteiger partial charge >= 0.3 is 6.18 Å². The number of nitrogens with zero attached hydrogens (tertiary/aromatic N) is 2. The lowest BCUT2D eigenvalue weighted by atomic mass is 10.1. The number of amides is 2. The first kappa shape index (κ1) is 24.1. The highest BCUT2D eigenvalue weighted by Gasteiger charge is 2.44. The molecule has 5 rings (SSSR count). The van der Waals surface area contributed by atoms with Gasteiger partial charge < -0.3 is 24.4 Å². The fourth-order valence-electron chi connectivity index (χ4n) is 4.58. The molecule has 0 aliphatic carbocycles. The molecular weight excluding hydrogens is 486 g/mol. The summed E-state index contributed by atoms with van der Waals surface area (Å²) in [5, 5.41) is 2.77. The SMILES string of the molecule is Cc1cc2c(c(O[C@@H](C)C(F)(F)F)c1F)C(=O)N1C[C@@H](Oc3cc4c(cn3)CCC(=O)N4)C[C@@H]1CO2. The van der Waals surface area contributed by atoms with Crippen LogP contribution in [0.2, 0.25) is 0 Å². The van der Waals surface area contributed by atoms with Gasteiger partial charge in [0.05, 0.1) is 18.3 Å². The van der Waals surface area contributed by atoms with E-state index in [1.807, 2.05) is 0 Å². The molecule has 1 N–H and O–H groups in total. The largest absolute Gasteiger partial charge is 0.490 e. The summed E-state index contributed by atoms with van der Waals surface area (Å²) in [5.74, 6) is -2.40. The first-order chi connectivity index (χ1) is 17.0. The van der Waals surface area contributed by atoms with Crippen LogP contribution in [0.5, 0.6) is 17.4 Å². The molecule has 0 saturated carbocycles. The Kier molecular flexibility index (Phi) is 5.92. The molecule has 4 heterocycles.